The molecule has 16 heavy (non-hydrogen) atoms. The van der Waals surface area contributed by atoms with Crippen molar-refractivity contribution < 1.29 is 4.39 Å². The van der Waals surface area contributed by atoms with E-state index in [1.807, 2.05) is 6.07 Å². The van der Waals surface area contributed by atoms with Crippen LogP contribution in [0.1, 0.15) is 44.2 Å². The van der Waals surface area contributed by atoms with Gasteiger partial charge >= 0.3 is 0 Å². The van der Waals surface area contributed by atoms with E-state index >= 15 is 0 Å². The molecule has 0 aliphatic heterocycles. The highest BCUT2D eigenvalue weighted by atomic mass is 35.5. The highest BCUT2D eigenvalue weighted by Gasteiger charge is 2.17. The molecule has 1 saturated carbocycles. The maximum Gasteiger partial charge on any atom is 0.142 e. The molecule has 0 heterocycles. The summed E-state index contributed by atoms with van der Waals surface area (Å²) in [7, 11) is 0. The molecule has 1 nitrogen and oxygen atoms in total. The Balaban J connectivity index is 2.02. The molecular formula is C13H17ClFN. The third-order valence-electron chi connectivity index (χ3n) is 3.28. The fourth-order valence-electron chi connectivity index (χ4n) is 2.32. The largest absolute Gasteiger partial charge is 0.307 e. The van der Waals surface area contributed by atoms with Gasteiger partial charge in [-0.15, -0.1) is 0 Å². The van der Waals surface area contributed by atoms with Crippen molar-refractivity contribution in [2.45, 2.75) is 44.7 Å². The number of hydrogen-bond donors (Lipinski definition) is 1. The second kappa shape index (κ2) is 5.15. The molecular weight excluding hydrogens is 225 g/mol. The van der Waals surface area contributed by atoms with E-state index in [1.54, 1.807) is 6.07 Å². The van der Waals surface area contributed by atoms with Gasteiger partial charge in [0, 0.05) is 12.1 Å². The van der Waals surface area contributed by atoms with Crippen molar-refractivity contribution in [1.29, 1.82) is 0 Å². The predicted molar refractivity (Wildman–Crippen MR) is 65.2 cm³/mol. The van der Waals surface area contributed by atoms with Gasteiger partial charge in [-0.25, -0.2) is 4.39 Å². The zero-order valence-electron chi connectivity index (χ0n) is 9.47. The first kappa shape index (κ1) is 11.9. The number of nitrogens with one attached hydrogen (secondary N) is 1. The Hall–Kier alpha value is -0.600. The van der Waals surface area contributed by atoms with Crippen LogP contribution in [0.3, 0.4) is 0 Å². The second-order valence-electron chi connectivity index (χ2n) is 4.54. The molecule has 1 aromatic carbocycles. The Morgan fingerprint density at radius 2 is 2.06 bits per heavy atom. The number of rotatable bonds is 3. The van der Waals surface area contributed by atoms with Gasteiger partial charge in [-0.3, -0.25) is 0 Å². The molecule has 1 unspecified atom stereocenters. The topological polar surface area (TPSA) is 12.0 Å². The molecule has 0 spiro atoms. The molecule has 1 aliphatic rings. The van der Waals surface area contributed by atoms with E-state index in [4.69, 9.17) is 11.6 Å². The second-order valence-corrected chi connectivity index (χ2v) is 4.95. The van der Waals surface area contributed by atoms with Gasteiger partial charge in [0.25, 0.3) is 0 Å². The van der Waals surface area contributed by atoms with E-state index in [1.165, 1.54) is 31.7 Å². The Kier molecular flexibility index (Phi) is 3.82. The minimum Gasteiger partial charge on any atom is -0.307 e. The standard InChI is InChI=1S/C13H17ClFN/c1-9(16-11-4-2-3-5-11)10-6-7-12(14)13(15)8-10/h6-9,11,16H,2-5H2,1H3. The summed E-state index contributed by atoms with van der Waals surface area (Å²) < 4.78 is 13.3. The van der Waals surface area contributed by atoms with E-state index in [9.17, 15) is 4.39 Å². The van der Waals surface area contributed by atoms with Crippen LogP contribution in [-0.4, -0.2) is 6.04 Å². The quantitative estimate of drug-likeness (QED) is 0.841. The Morgan fingerprint density at radius 1 is 1.38 bits per heavy atom. The summed E-state index contributed by atoms with van der Waals surface area (Å²) in [6.07, 6.45) is 5.08. The monoisotopic (exact) mass is 241 g/mol. The zero-order chi connectivity index (χ0) is 11.5. The first-order valence-corrected chi connectivity index (χ1v) is 6.25. The fourth-order valence-corrected chi connectivity index (χ4v) is 2.44. The SMILES string of the molecule is CC(NC1CCCC1)c1ccc(Cl)c(F)c1. The average molecular weight is 242 g/mol. The van der Waals surface area contributed by atoms with Crippen LogP contribution in [0.25, 0.3) is 0 Å². The summed E-state index contributed by atoms with van der Waals surface area (Å²) >= 11 is 5.66. The molecule has 3 heteroatoms. The predicted octanol–water partition coefficient (Wildman–Crippen LogP) is 4.07. The first-order chi connectivity index (χ1) is 7.66. The molecule has 1 aliphatic carbocycles. The highest BCUT2D eigenvalue weighted by molar-refractivity contribution is 6.30. The Bertz CT molecular complexity index is 361. The molecule has 0 amide bonds. The number of benzene rings is 1. The van der Waals surface area contributed by atoms with Crippen LogP contribution < -0.4 is 5.32 Å². The van der Waals surface area contributed by atoms with Crippen LogP contribution in [-0.2, 0) is 0 Å². The molecule has 2 rings (SSSR count). The maximum absolute atomic E-state index is 13.3. The van der Waals surface area contributed by atoms with Gasteiger partial charge < -0.3 is 5.32 Å². The molecule has 0 saturated heterocycles. The van der Waals surface area contributed by atoms with E-state index in [2.05, 4.69) is 12.2 Å². The minimum atomic E-state index is -0.334. The summed E-state index contributed by atoms with van der Waals surface area (Å²) in [6.45, 7) is 2.07. The van der Waals surface area contributed by atoms with Gasteiger partial charge in [0.15, 0.2) is 0 Å². The number of hydrogen-bond acceptors (Lipinski definition) is 1. The molecule has 88 valence electrons. The lowest BCUT2D eigenvalue weighted by molar-refractivity contribution is 0.459. The Morgan fingerprint density at radius 3 is 2.69 bits per heavy atom. The number of halogens is 2. The van der Waals surface area contributed by atoms with Gasteiger partial charge in [-0.1, -0.05) is 30.5 Å². The maximum atomic E-state index is 13.3. The minimum absolute atomic E-state index is 0.190. The highest BCUT2D eigenvalue weighted by Crippen LogP contribution is 2.24. The smallest absolute Gasteiger partial charge is 0.142 e. The van der Waals surface area contributed by atoms with Crippen molar-refractivity contribution in [1.82, 2.24) is 5.32 Å². The van der Waals surface area contributed by atoms with E-state index in [-0.39, 0.29) is 16.9 Å². The Labute approximate surface area is 101 Å². The van der Waals surface area contributed by atoms with Crippen LogP contribution in [0.5, 0.6) is 0 Å². The molecule has 1 aromatic rings. The van der Waals surface area contributed by atoms with Crippen molar-refractivity contribution in [3.05, 3.63) is 34.6 Å². The normalized spacial score (nSPS) is 18.9. The van der Waals surface area contributed by atoms with E-state index in [0.717, 1.165) is 5.56 Å². The van der Waals surface area contributed by atoms with Crippen LogP contribution in [0.4, 0.5) is 4.39 Å². The van der Waals surface area contributed by atoms with E-state index < -0.39 is 0 Å². The zero-order valence-corrected chi connectivity index (χ0v) is 10.2. The molecule has 0 bridgehead atoms. The summed E-state index contributed by atoms with van der Waals surface area (Å²) in [5.41, 5.74) is 0.966. The first-order valence-electron chi connectivity index (χ1n) is 5.88. The molecule has 1 N–H and O–H groups in total. The lowest BCUT2D eigenvalue weighted by Gasteiger charge is -2.19. The average Bonchev–Trinajstić information content (AvgIpc) is 2.74. The van der Waals surface area contributed by atoms with Crippen LogP contribution in [0.15, 0.2) is 18.2 Å². The summed E-state index contributed by atoms with van der Waals surface area (Å²) in [6, 6.07) is 5.81. The third kappa shape index (κ3) is 2.74. The molecule has 1 fully saturated rings. The van der Waals surface area contributed by atoms with Gasteiger partial charge in [-0.05, 0) is 37.5 Å². The van der Waals surface area contributed by atoms with Crippen molar-refractivity contribution >= 4 is 11.6 Å². The van der Waals surface area contributed by atoms with Crippen molar-refractivity contribution in [2.75, 3.05) is 0 Å². The van der Waals surface area contributed by atoms with Crippen molar-refractivity contribution in [2.24, 2.45) is 0 Å². The van der Waals surface area contributed by atoms with Gasteiger partial charge in [0.05, 0.1) is 5.02 Å². The molecule has 1 atom stereocenters. The third-order valence-corrected chi connectivity index (χ3v) is 3.59. The van der Waals surface area contributed by atoms with Gasteiger partial charge in [-0.2, -0.15) is 0 Å². The summed E-state index contributed by atoms with van der Waals surface area (Å²) in [5.74, 6) is -0.334. The fraction of sp³-hybridized carbons (Fsp3) is 0.538. The van der Waals surface area contributed by atoms with Gasteiger partial charge in [0.1, 0.15) is 5.82 Å². The molecule has 0 aromatic heterocycles. The lowest BCUT2D eigenvalue weighted by Crippen LogP contribution is -2.28. The van der Waals surface area contributed by atoms with Crippen LogP contribution in [0.2, 0.25) is 5.02 Å². The van der Waals surface area contributed by atoms with Crippen LogP contribution in [0, 0.1) is 5.82 Å². The van der Waals surface area contributed by atoms with E-state index in [0.29, 0.717) is 6.04 Å². The van der Waals surface area contributed by atoms with Gasteiger partial charge in [0.2, 0.25) is 0 Å². The van der Waals surface area contributed by atoms with Crippen molar-refractivity contribution in [3.8, 4) is 0 Å². The van der Waals surface area contributed by atoms with Crippen LogP contribution >= 0.6 is 11.6 Å². The summed E-state index contributed by atoms with van der Waals surface area (Å²) in [5, 5.41) is 3.72. The molecule has 0 radical (unpaired) electrons. The lowest BCUT2D eigenvalue weighted by atomic mass is 10.1. The summed E-state index contributed by atoms with van der Waals surface area (Å²) in [4.78, 5) is 0. The van der Waals surface area contributed by atoms with Crippen molar-refractivity contribution in [3.63, 3.8) is 0 Å².